The Morgan fingerprint density at radius 3 is 2.13 bits per heavy atom. The average Bonchev–Trinajstić information content (AvgIpc) is 2.72. The van der Waals surface area contributed by atoms with Gasteiger partial charge in [0.2, 0.25) is 11.8 Å². The maximum atomic E-state index is 12.0. The van der Waals surface area contributed by atoms with Gasteiger partial charge in [-0.2, -0.15) is 5.10 Å². The molecule has 0 aliphatic heterocycles. The van der Waals surface area contributed by atoms with E-state index in [1.165, 1.54) is 13.0 Å². The lowest BCUT2D eigenvalue weighted by Crippen LogP contribution is -2.08. The zero-order valence-electron chi connectivity index (χ0n) is 13.7. The molecule has 0 spiro atoms. The molecule has 1 heterocycles. The first kappa shape index (κ1) is 16.5. The molecule has 0 unspecified atom stereocenters. The zero-order valence-corrected chi connectivity index (χ0v) is 13.7. The quantitative estimate of drug-likeness (QED) is 0.852. The Kier molecular flexibility index (Phi) is 4.95. The molecule has 120 valence electrons. The van der Waals surface area contributed by atoms with Crippen LogP contribution in [0.5, 0.6) is 0 Å². The highest BCUT2D eigenvalue weighted by molar-refractivity contribution is 6.02. The molecule has 23 heavy (non-hydrogen) atoms. The van der Waals surface area contributed by atoms with Gasteiger partial charge in [-0.25, -0.2) is 0 Å². The Labute approximate surface area is 135 Å². The van der Waals surface area contributed by atoms with Crippen LogP contribution in [0.2, 0.25) is 0 Å². The maximum absolute atomic E-state index is 12.0. The third kappa shape index (κ3) is 4.29. The Hall–Kier alpha value is -2.89. The summed E-state index contributed by atoms with van der Waals surface area (Å²) in [5.74, 6) is -0.355. The van der Waals surface area contributed by atoms with Crippen LogP contribution in [0.4, 0.5) is 11.4 Å². The van der Waals surface area contributed by atoms with Crippen molar-refractivity contribution in [2.24, 2.45) is 7.05 Å². The first-order valence-electron chi connectivity index (χ1n) is 7.23. The van der Waals surface area contributed by atoms with Crippen LogP contribution in [0.15, 0.2) is 30.3 Å². The van der Waals surface area contributed by atoms with Crippen molar-refractivity contribution in [3.05, 3.63) is 47.3 Å². The van der Waals surface area contributed by atoms with E-state index in [1.54, 1.807) is 35.0 Å². The van der Waals surface area contributed by atoms with Crippen molar-refractivity contribution < 1.29 is 9.59 Å². The van der Waals surface area contributed by atoms with Gasteiger partial charge in [0.05, 0.1) is 5.69 Å². The van der Waals surface area contributed by atoms with Gasteiger partial charge in [-0.3, -0.25) is 14.3 Å². The molecule has 0 fully saturated rings. The molecule has 6 heteroatoms. The second kappa shape index (κ2) is 6.91. The number of nitrogens with one attached hydrogen (secondary N) is 2. The van der Waals surface area contributed by atoms with Crippen LogP contribution in [0.25, 0.3) is 6.08 Å². The first-order valence-corrected chi connectivity index (χ1v) is 7.23. The number of benzene rings is 1. The van der Waals surface area contributed by atoms with Crippen molar-refractivity contribution in [1.82, 2.24) is 9.78 Å². The Balaban J connectivity index is 2.01. The Morgan fingerprint density at radius 1 is 1.09 bits per heavy atom. The maximum Gasteiger partial charge on any atom is 0.248 e. The van der Waals surface area contributed by atoms with Crippen LogP contribution in [0, 0.1) is 13.8 Å². The second-order valence-electron chi connectivity index (χ2n) is 5.29. The molecule has 2 aromatic rings. The smallest absolute Gasteiger partial charge is 0.248 e. The van der Waals surface area contributed by atoms with Gasteiger partial charge >= 0.3 is 0 Å². The van der Waals surface area contributed by atoms with E-state index in [0.29, 0.717) is 11.4 Å². The molecule has 0 bridgehead atoms. The van der Waals surface area contributed by atoms with Gasteiger partial charge in [-0.1, -0.05) is 0 Å². The summed E-state index contributed by atoms with van der Waals surface area (Å²) in [7, 11) is 1.87. The number of hydrogen-bond donors (Lipinski definition) is 2. The highest BCUT2D eigenvalue weighted by atomic mass is 16.2. The van der Waals surface area contributed by atoms with Gasteiger partial charge in [0.15, 0.2) is 0 Å². The lowest BCUT2D eigenvalue weighted by Gasteiger charge is -2.05. The van der Waals surface area contributed by atoms with Crippen molar-refractivity contribution in [3.63, 3.8) is 0 Å². The number of carbonyl (C=O) groups excluding carboxylic acids is 2. The number of rotatable bonds is 4. The van der Waals surface area contributed by atoms with E-state index in [9.17, 15) is 9.59 Å². The van der Waals surface area contributed by atoms with Crippen molar-refractivity contribution >= 4 is 29.3 Å². The summed E-state index contributed by atoms with van der Waals surface area (Å²) in [6.45, 7) is 5.31. The number of aryl methyl sites for hydroxylation is 2. The fourth-order valence-corrected chi connectivity index (χ4v) is 2.21. The fourth-order valence-electron chi connectivity index (χ4n) is 2.21. The number of hydrogen-bond acceptors (Lipinski definition) is 3. The van der Waals surface area contributed by atoms with Gasteiger partial charge in [-0.05, 0) is 44.2 Å². The number of aromatic nitrogens is 2. The van der Waals surface area contributed by atoms with Crippen LogP contribution in [0.1, 0.15) is 23.9 Å². The number of amides is 2. The number of carbonyl (C=O) groups is 2. The van der Waals surface area contributed by atoms with E-state index in [4.69, 9.17) is 0 Å². The van der Waals surface area contributed by atoms with E-state index in [0.717, 1.165) is 17.0 Å². The number of nitrogens with zero attached hydrogens (tertiary/aromatic N) is 2. The molecule has 6 nitrogen and oxygen atoms in total. The van der Waals surface area contributed by atoms with Gasteiger partial charge in [0, 0.05) is 42.7 Å². The SMILES string of the molecule is CC(=O)Nc1ccc(NC(=O)/C=C/c2c(C)nn(C)c2C)cc1. The van der Waals surface area contributed by atoms with Gasteiger partial charge in [-0.15, -0.1) is 0 Å². The lowest BCUT2D eigenvalue weighted by atomic mass is 10.2. The third-order valence-electron chi connectivity index (χ3n) is 3.44. The molecular weight excluding hydrogens is 292 g/mol. The largest absolute Gasteiger partial charge is 0.326 e. The minimum absolute atomic E-state index is 0.132. The molecule has 0 aliphatic carbocycles. The topological polar surface area (TPSA) is 76.0 Å². The highest BCUT2D eigenvalue weighted by Crippen LogP contribution is 2.15. The van der Waals surface area contributed by atoms with E-state index in [1.807, 2.05) is 20.9 Å². The molecule has 0 atom stereocenters. The zero-order chi connectivity index (χ0) is 17.0. The first-order chi connectivity index (χ1) is 10.9. The van der Waals surface area contributed by atoms with Crippen LogP contribution >= 0.6 is 0 Å². The standard InChI is InChI=1S/C17H20N4O2/c1-11-16(12(2)21(4)20-11)9-10-17(23)19-15-7-5-14(6-8-15)18-13(3)22/h5-10H,1-4H3,(H,18,22)(H,19,23)/b10-9+. The predicted octanol–water partition coefficient (Wildman–Crippen LogP) is 2.65. The molecule has 0 saturated heterocycles. The van der Waals surface area contributed by atoms with Crippen molar-refractivity contribution in [2.45, 2.75) is 20.8 Å². The molecule has 2 N–H and O–H groups in total. The van der Waals surface area contributed by atoms with Gasteiger partial charge < -0.3 is 10.6 Å². The van der Waals surface area contributed by atoms with Crippen molar-refractivity contribution in [1.29, 1.82) is 0 Å². The number of anilines is 2. The summed E-state index contributed by atoms with van der Waals surface area (Å²) in [6, 6.07) is 6.93. The molecular formula is C17H20N4O2. The van der Waals surface area contributed by atoms with E-state index < -0.39 is 0 Å². The second-order valence-corrected chi connectivity index (χ2v) is 5.29. The van der Waals surface area contributed by atoms with E-state index in [-0.39, 0.29) is 11.8 Å². The summed E-state index contributed by atoms with van der Waals surface area (Å²) in [6.07, 6.45) is 3.25. The lowest BCUT2D eigenvalue weighted by molar-refractivity contribution is -0.114. The van der Waals surface area contributed by atoms with E-state index in [2.05, 4.69) is 15.7 Å². The van der Waals surface area contributed by atoms with Crippen LogP contribution < -0.4 is 10.6 Å². The highest BCUT2D eigenvalue weighted by Gasteiger charge is 2.06. The molecule has 0 aliphatic rings. The monoisotopic (exact) mass is 312 g/mol. The molecule has 2 amide bonds. The molecule has 0 saturated carbocycles. The van der Waals surface area contributed by atoms with Gasteiger partial charge in [0.25, 0.3) is 0 Å². The summed E-state index contributed by atoms with van der Waals surface area (Å²) in [4.78, 5) is 22.9. The van der Waals surface area contributed by atoms with Crippen LogP contribution in [0.3, 0.4) is 0 Å². The molecule has 1 aromatic carbocycles. The molecule has 1 aromatic heterocycles. The van der Waals surface area contributed by atoms with E-state index >= 15 is 0 Å². The van der Waals surface area contributed by atoms with Crippen LogP contribution in [-0.2, 0) is 16.6 Å². The Bertz CT molecular complexity index is 758. The summed E-state index contributed by atoms with van der Waals surface area (Å²) >= 11 is 0. The Morgan fingerprint density at radius 2 is 1.65 bits per heavy atom. The minimum atomic E-state index is -0.222. The average molecular weight is 312 g/mol. The normalized spacial score (nSPS) is 10.8. The summed E-state index contributed by atoms with van der Waals surface area (Å²) < 4.78 is 1.79. The molecule has 2 rings (SSSR count). The summed E-state index contributed by atoms with van der Waals surface area (Å²) in [5.41, 5.74) is 4.18. The van der Waals surface area contributed by atoms with Crippen molar-refractivity contribution in [2.75, 3.05) is 10.6 Å². The fraction of sp³-hybridized carbons (Fsp3) is 0.235. The van der Waals surface area contributed by atoms with Crippen molar-refractivity contribution in [3.8, 4) is 0 Å². The predicted molar refractivity (Wildman–Crippen MR) is 91.1 cm³/mol. The molecule has 0 radical (unpaired) electrons. The summed E-state index contributed by atoms with van der Waals surface area (Å²) in [5, 5.41) is 9.75. The van der Waals surface area contributed by atoms with Crippen LogP contribution in [-0.4, -0.2) is 21.6 Å². The third-order valence-corrected chi connectivity index (χ3v) is 3.44. The minimum Gasteiger partial charge on any atom is -0.326 e. The van der Waals surface area contributed by atoms with Gasteiger partial charge in [0.1, 0.15) is 0 Å².